The highest BCUT2D eigenvalue weighted by atomic mass is 16.7. The van der Waals surface area contributed by atoms with Crippen molar-refractivity contribution in [2.24, 2.45) is 11.8 Å². The van der Waals surface area contributed by atoms with Crippen molar-refractivity contribution in [2.75, 3.05) is 33.7 Å². The number of aldehydes is 1. The zero-order valence-electron chi connectivity index (χ0n) is 9.90. The van der Waals surface area contributed by atoms with Crippen LogP contribution < -0.4 is 0 Å². The fourth-order valence-corrected chi connectivity index (χ4v) is 1.12. The third-order valence-electron chi connectivity index (χ3n) is 2.27. The predicted molar refractivity (Wildman–Crippen MR) is 57.7 cm³/mol. The quantitative estimate of drug-likeness (QED) is 0.316. The fourth-order valence-electron chi connectivity index (χ4n) is 1.12. The molecule has 0 spiro atoms. The molecular weight excluding hydrogens is 196 g/mol. The van der Waals surface area contributed by atoms with Crippen LogP contribution in [-0.4, -0.2) is 40.0 Å². The van der Waals surface area contributed by atoms with Crippen molar-refractivity contribution in [2.45, 2.75) is 20.3 Å². The Kier molecular flexibility index (Phi) is 9.78. The molecular formula is C11H22O4. The molecule has 0 aromatic rings. The van der Waals surface area contributed by atoms with Gasteiger partial charge >= 0.3 is 0 Å². The number of hydrogen-bond donors (Lipinski definition) is 0. The molecule has 0 saturated heterocycles. The van der Waals surface area contributed by atoms with E-state index in [0.717, 1.165) is 6.29 Å². The van der Waals surface area contributed by atoms with E-state index in [1.807, 2.05) is 0 Å². The molecule has 0 unspecified atom stereocenters. The van der Waals surface area contributed by atoms with Gasteiger partial charge in [0.1, 0.15) is 13.1 Å². The third kappa shape index (κ3) is 8.54. The maximum atomic E-state index is 10.4. The second kappa shape index (κ2) is 10.1. The largest absolute Gasteiger partial charge is 0.382 e. The number of rotatable bonds is 10. The Morgan fingerprint density at radius 2 is 1.93 bits per heavy atom. The standard InChI is InChI=1S/C11H22O4/c1-10(2)11(4-5-12)8-15-9-14-7-6-13-3/h5,10-11H,4,6-9H2,1-3H3/t11-/m1/s1. The number of hydrogen-bond acceptors (Lipinski definition) is 4. The van der Waals surface area contributed by atoms with Crippen molar-refractivity contribution in [3.63, 3.8) is 0 Å². The number of methoxy groups -OCH3 is 1. The molecule has 1 atom stereocenters. The minimum absolute atomic E-state index is 0.269. The third-order valence-corrected chi connectivity index (χ3v) is 2.27. The van der Waals surface area contributed by atoms with Crippen molar-refractivity contribution < 1.29 is 19.0 Å². The molecule has 0 heterocycles. The monoisotopic (exact) mass is 218 g/mol. The van der Waals surface area contributed by atoms with Gasteiger partial charge in [-0.05, 0) is 11.8 Å². The first-order valence-electron chi connectivity index (χ1n) is 5.30. The van der Waals surface area contributed by atoms with Gasteiger partial charge in [-0.3, -0.25) is 0 Å². The van der Waals surface area contributed by atoms with Crippen LogP contribution in [0.25, 0.3) is 0 Å². The molecule has 4 nitrogen and oxygen atoms in total. The predicted octanol–water partition coefficient (Wildman–Crippen LogP) is 1.48. The van der Waals surface area contributed by atoms with Gasteiger partial charge in [-0.2, -0.15) is 0 Å². The van der Waals surface area contributed by atoms with Crippen LogP contribution in [0.2, 0.25) is 0 Å². The summed E-state index contributed by atoms with van der Waals surface area (Å²) in [6.07, 6.45) is 1.50. The Morgan fingerprint density at radius 3 is 2.47 bits per heavy atom. The van der Waals surface area contributed by atoms with Crippen molar-refractivity contribution in [1.82, 2.24) is 0 Å². The van der Waals surface area contributed by atoms with Gasteiger partial charge in [-0.1, -0.05) is 13.8 Å². The number of ether oxygens (including phenoxy) is 3. The molecule has 0 rings (SSSR count). The van der Waals surface area contributed by atoms with Crippen molar-refractivity contribution in [3.8, 4) is 0 Å². The number of carbonyl (C=O) groups is 1. The second-order valence-corrected chi connectivity index (χ2v) is 3.80. The first kappa shape index (κ1) is 14.6. The molecule has 0 aromatic carbocycles. The van der Waals surface area contributed by atoms with Gasteiger partial charge in [0, 0.05) is 13.5 Å². The molecule has 0 aliphatic rings. The van der Waals surface area contributed by atoms with Gasteiger partial charge in [-0.15, -0.1) is 0 Å². The SMILES string of the molecule is COCCOCOC[C@@H](CC=O)C(C)C. The van der Waals surface area contributed by atoms with E-state index in [0.29, 0.717) is 32.2 Å². The lowest BCUT2D eigenvalue weighted by Gasteiger charge is -2.18. The Hall–Kier alpha value is -0.450. The zero-order valence-corrected chi connectivity index (χ0v) is 9.90. The van der Waals surface area contributed by atoms with Crippen molar-refractivity contribution in [3.05, 3.63) is 0 Å². The molecule has 0 radical (unpaired) electrons. The molecule has 0 aromatic heterocycles. The van der Waals surface area contributed by atoms with Crippen molar-refractivity contribution >= 4 is 6.29 Å². The van der Waals surface area contributed by atoms with Gasteiger partial charge in [0.15, 0.2) is 0 Å². The minimum Gasteiger partial charge on any atom is -0.382 e. The number of carbonyl (C=O) groups excluding carboxylic acids is 1. The molecule has 0 aliphatic heterocycles. The maximum absolute atomic E-state index is 10.4. The lowest BCUT2D eigenvalue weighted by atomic mass is 9.94. The summed E-state index contributed by atoms with van der Waals surface area (Å²) >= 11 is 0. The molecule has 0 saturated carbocycles. The normalized spacial score (nSPS) is 13.1. The average molecular weight is 218 g/mol. The lowest BCUT2D eigenvalue weighted by Crippen LogP contribution is -2.18. The Labute approximate surface area is 91.9 Å². The Morgan fingerprint density at radius 1 is 1.20 bits per heavy atom. The molecule has 90 valence electrons. The van der Waals surface area contributed by atoms with E-state index in [-0.39, 0.29) is 12.7 Å². The highest BCUT2D eigenvalue weighted by Gasteiger charge is 2.12. The Balaban J connectivity index is 3.41. The molecule has 0 amide bonds. The van der Waals surface area contributed by atoms with Gasteiger partial charge in [0.2, 0.25) is 0 Å². The molecule has 0 N–H and O–H groups in total. The fraction of sp³-hybridized carbons (Fsp3) is 0.909. The first-order valence-corrected chi connectivity index (χ1v) is 5.30. The van der Waals surface area contributed by atoms with Crippen LogP contribution in [0.1, 0.15) is 20.3 Å². The van der Waals surface area contributed by atoms with Crippen LogP contribution in [-0.2, 0) is 19.0 Å². The summed E-state index contributed by atoms with van der Waals surface area (Å²) in [5.74, 6) is 0.739. The highest BCUT2D eigenvalue weighted by Crippen LogP contribution is 2.13. The van der Waals surface area contributed by atoms with E-state index in [4.69, 9.17) is 14.2 Å². The second-order valence-electron chi connectivity index (χ2n) is 3.80. The van der Waals surface area contributed by atoms with Crippen LogP contribution in [0, 0.1) is 11.8 Å². The van der Waals surface area contributed by atoms with E-state index < -0.39 is 0 Å². The topological polar surface area (TPSA) is 44.8 Å². The first-order chi connectivity index (χ1) is 7.22. The summed E-state index contributed by atoms with van der Waals surface area (Å²) in [6, 6.07) is 0. The smallest absolute Gasteiger partial charge is 0.146 e. The summed E-state index contributed by atoms with van der Waals surface area (Å²) in [6.45, 7) is 6.13. The van der Waals surface area contributed by atoms with E-state index >= 15 is 0 Å². The summed E-state index contributed by atoms with van der Waals surface area (Å²) in [7, 11) is 1.63. The van der Waals surface area contributed by atoms with E-state index in [9.17, 15) is 4.79 Å². The molecule has 4 heteroatoms. The van der Waals surface area contributed by atoms with Crippen LogP contribution in [0.5, 0.6) is 0 Å². The molecule has 0 aliphatic carbocycles. The van der Waals surface area contributed by atoms with Crippen LogP contribution in [0.3, 0.4) is 0 Å². The Bertz CT molecular complexity index is 148. The maximum Gasteiger partial charge on any atom is 0.146 e. The van der Waals surface area contributed by atoms with Gasteiger partial charge < -0.3 is 19.0 Å². The van der Waals surface area contributed by atoms with Crippen LogP contribution in [0.15, 0.2) is 0 Å². The van der Waals surface area contributed by atoms with Gasteiger partial charge in [0.25, 0.3) is 0 Å². The minimum atomic E-state index is 0.269. The van der Waals surface area contributed by atoms with Crippen LogP contribution >= 0.6 is 0 Å². The summed E-state index contributed by atoms with van der Waals surface area (Å²) < 4.78 is 15.3. The average Bonchev–Trinajstić information content (AvgIpc) is 2.21. The van der Waals surface area contributed by atoms with Gasteiger partial charge in [0.05, 0.1) is 19.8 Å². The van der Waals surface area contributed by atoms with Crippen LogP contribution in [0.4, 0.5) is 0 Å². The molecule has 0 bridgehead atoms. The summed E-state index contributed by atoms with van der Waals surface area (Å²) in [5.41, 5.74) is 0. The van der Waals surface area contributed by atoms with E-state index in [2.05, 4.69) is 13.8 Å². The van der Waals surface area contributed by atoms with Gasteiger partial charge in [-0.25, -0.2) is 0 Å². The lowest BCUT2D eigenvalue weighted by molar-refractivity contribution is -0.111. The zero-order chi connectivity index (χ0) is 11.5. The summed E-state index contributed by atoms with van der Waals surface area (Å²) in [5, 5.41) is 0. The van der Waals surface area contributed by atoms with E-state index in [1.165, 1.54) is 0 Å². The summed E-state index contributed by atoms with van der Waals surface area (Å²) in [4.78, 5) is 10.4. The van der Waals surface area contributed by atoms with Crippen molar-refractivity contribution in [1.29, 1.82) is 0 Å². The highest BCUT2D eigenvalue weighted by molar-refractivity contribution is 5.49. The molecule has 15 heavy (non-hydrogen) atoms. The van der Waals surface area contributed by atoms with E-state index in [1.54, 1.807) is 7.11 Å². The molecule has 0 fully saturated rings.